The molecule has 1 N–H and O–H groups in total. The number of hydrogen-bond donors (Lipinski definition) is 1. The molecule has 2 aliphatic rings. The van der Waals surface area contributed by atoms with Crippen molar-refractivity contribution in [3.05, 3.63) is 165 Å². The fraction of sp³-hybridized carbons (Fsp3) is 0.205. The number of rotatable bonds is 8. The molecule has 4 aromatic heterocycles. The first-order valence-electron chi connectivity index (χ1n) is 18.4. The first-order valence-corrected chi connectivity index (χ1v) is 20.0. The fourth-order valence-corrected chi connectivity index (χ4v) is 9.94. The van der Waals surface area contributed by atoms with Crippen molar-refractivity contribution in [2.75, 3.05) is 22.9 Å². The lowest BCUT2D eigenvalue weighted by atomic mass is 9.98. The normalized spacial score (nSPS) is 14.7. The van der Waals surface area contributed by atoms with Gasteiger partial charge in [-0.15, -0.1) is 22.7 Å². The number of nitrogens with zero attached hydrogens (tertiary/aromatic N) is 6. The van der Waals surface area contributed by atoms with E-state index >= 15 is 0 Å². The Morgan fingerprint density at radius 1 is 0.736 bits per heavy atom. The van der Waals surface area contributed by atoms with E-state index in [2.05, 4.69) is 131 Å². The highest BCUT2D eigenvalue weighted by Crippen LogP contribution is 2.38. The quantitative estimate of drug-likeness (QED) is 0.169. The molecule has 262 valence electrons. The van der Waals surface area contributed by atoms with Crippen LogP contribution in [-0.2, 0) is 32.4 Å². The minimum absolute atomic E-state index is 0.214. The zero-order chi connectivity index (χ0) is 35.3. The van der Waals surface area contributed by atoms with Gasteiger partial charge in [0.05, 0.1) is 17.6 Å². The summed E-state index contributed by atoms with van der Waals surface area (Å²) < 4.78 is 2.05. The molecule has 4 aromatic carbocycles. The molecule has 0 fully saturated rings. The first-order chi connectivity index (χ1) is 26.1. The number of anilines is 2. The molecule has 0 bridgehead atoms. The SMILES string of the molecule is CC(c1cnc(N2CCc3ccccc3C2)s1)c1c[nH]c2ccc(-c3ccnn3-c3ccc(Cc4cnc(N5CCc6ccccc6C5)s4)cc3)cc12. The summed E-state index contributed by atoms with van der Waals surface area (Å²) in [7, 11) is 0. The predicted octanol–water partition coefficient (Wildman–Crippen LogP) is 9.80. The molecule has 2 aliphatic heterocycles. The second-order valence-electron chi connectivity index (χ2n) is 14.2. The summed E-state index contributed by atoms with van der Waals surface area (Å²) in [4.78, 5) is 20.7. The zero-order valence-corrected chi connectivity index (χ0v) is 31.2. The monoisotopic (exact) mass is 729 g/mol. The Balaban J connectivity index is 0.850. The Kier molecular flexibility index (Phi) is 8.18. The number of hydrogen-bond acceptors (Lipinski definition) is 7. The van der Waals surface area contributed by atoms with Crippen molar-refractivity contribution in [1.82, 2.24) is 24.7 Å². The summed E-state index contributed by atoms with van der Waals surface area (Å²) in [5.41, 5.74) is 12.7. The second kappa shape index (κ2) is 13.5. The van der Waals surface area contributed by atoms with Crippen LogP contribution in [0.3, 0.4) is 0 Å². The maximum Gasteiger partial charge on any atom is 0.185 e. The highest BCUT2D eigenvalue weighted by molar-refractivity contribution is 7.16. The zero-order valence-electron chi connectivity index (χ0n) is 29.6. The van der Waals surface area contributed by atoms with Crippen LogP contribution in [0, 0.1) is 0 Å². The summed E-state index contributed by atoms with van der Waals surface area (Å²) >= 11 is 3.63. The third-order valence-electron chi connectivity index (χ3n) is 11.0. The molecule has 0 radical (unpaired) electrons. The van der Waals surface area contributed by atoms with E-state index in [0.29, 0.717) is 0 Å². The van der Waals surface area contributed by atoms with E-state index in [9.17, 15) is 0 Å². The number of aromatic amines is 1. The van der Waals surface area contributed by atoms with Crippen molar-refractivity contribution in [1.29, 1.82) is 0 Å². The van der Waals surface area contributed by atoms with E-state index in [4.69, 9.17) is 15.1 Å². The van der Waals surface area contributed by atoms with Crippen LogP contribution in [0.15, 0.2) is 122 Å². The maximum absolute atomic E-state index is 4.90. The van der Waals surface area contributed by atoms with Crippen molar-refractivity contribution in [3.8, 4) is 16.9 Å². The van der Waals surface area contributed by atoms with Crippen molar-refractivity contribution < 1.29 is 0 Å². The lowest BCUT2D eigenvalue weighted by molar-refractivity contribution is 0.729. The van der Waals surface area contributed by atoms with Gasteiger partial charge in [0.15, 0.2) is 10.3 Å². The van der Waals surface area contributed by atoms with E-state index in [0.717, 1.165) is 78.2 Å². The molecule has 0 spiro atoms. The van der Waals surface area contributed by atoms with Gasteiger partial charge in [0.2, 0.25) is 0 Å². The topological polar surface area (TPSA) is 65.9 Å². The van der Waals surface area contributed by atoms with Crippen LogP contribution >= 0.6 is 22.7 Å². The lowest BCUT2D eigenvalue weighted by Gasteiger charge is -2.28. The Bertz CT molecular complexity index is 2560. The molecule has 0 aliphatic carbocycles. The standard InChI is InChI=1S/C44H39N7S2/c1-29(42-26-47-44(53-42)50-21-18-32-7-3-5-9-35(32)28-50)39-25-45-40-15-12-33(23-38(39)40)41-16-19-48-51(41)36-13-10-30(11-14-36)22-37-24-46-43(52-37)49-20-17-31-6-2-4-8-34(31)27-49/h2-16,19,23-26,29,45H,17-18,20-22,27-28H2,1H3. The summed E-state index contributed by atoms with van der Waals surface area (Å²) in [6, 6.07) is 35.2. The molecule has 0 saturated heterocycles. The second-order valence-corrected chi connectivity index (χ2v) is 16.4. The van der Waals surface area contributed by atoms with Crippen LogP contribution in [0.25, 0.3) is 27.8 Å². The average molecular weight is 730 g/mol. The number of aromatic nitrogens is 5. The minimum Gasteiger partial charge on any atom is -0.361 e. The van der Waals surface area contributed by atoms with Gasteiger partial charge in [-0.3, -0.25) is 0 Å². The smallest absolute Gasteiger partial charge is 0.185 e. The highest BCUT2D eigenvalue weighted by atomic mass is 32.1. The van der Waals surface area contributed by atoms with Gasteiger partial charge in [-0.1, -0.05) is 73.7 Å². The van der Waals surface area contributed by atoms with Gasteiger partial charge in [0, 0.05) is 83.3 Å². The van der Waals surface area contributed by atoms with Crippen LogP contribution in [0.4, 0.5) is 10.3 Å². The Morgan fingerprint density at radius 2 is 1.42 bits per heavy atom. The van der Waals surface area contributed by atoms with E-state index in [1.54, 1.807) is 0 Å². The van der Waals surface area contributed by atoms with E-state index in [-0.39, 0.29) is 5.92 Å². The third kappa shape index (κ3) is 6.13. The number of fused-ring (bicyclic) bond motifs is 3. The Labute approximate surface area is 317 Å². The largest absolute Gasteiger partial charge is 0.361 e. The molecule has 6 heterocycles. The van der Waals surface area contributed by atoms with Gasteiger partial charge in [-0.25, -0.2) is 14.6 Å². The summed E-state index contributed by atoms with van der Waals surface area (Å²) in [5.74, 6) is 0.214. The third-order valence-corrected chi connectivity index (χ3v) is 13.3. The molecule has 9 heteroatoms. The molecule has 0 amide bonds. The number of thiazole rings is 2. The van der Waals surface area contributed by atoms with Crippen LogP contribution in [-0.4, -0.2) is 37.8 Å². The number of benzene rings is 4. The van der Waals surface area contributed by atoms with Gasteiger partial charge in [-0.05, 0) is 76.6 Å². The predicted molar refractivity (Wildman–Crippen MR) is 218 cm³/mol. The van der Waals surface area contributed by atoms with Gasteiger partial charge in [0.25, 0.3) is 0 Å². The van der Waals surface area contributed by atoms with Gasteiger partial charge < -0.3 is 14.8 Å². The van der Waals surface area contributed by atoms with Gasteiger partial charge in [-0.2, -0.15) is 5.10 Å². The van der Waals surface area contributed by atoms with Crippen molar-refractivity contribution in [2.24, 2.45) is 0 Å². The van der Waals surface area contributed by atoms with Crippen LogP contribution < -0.4 is 9.80 Å². The summed E-state index contributed by atoms with van der Waals surface area (Å²) in [6.07, 6.45) is 11.2. The number of nitrogens with one attached hydrogen (secondary N) is 1. The van der Waals surface area contributed by atoms with Crippen molar-refractivity contribution in [2.45, 2.75) is 45.2 Å². The summed E-state index contributed by atoms with van der Waals surface area (Å²) in [6.45, 7) is 6.18. The number of H-pyrrole nitrogens is 1. The fourth-order valence-electron chi connectivity index (χ4n) is 7.96. The summed E-state index contributed by atoms with van der Waals surface area (Å²) in [5, 5.41) is 8.22. The van der Waals surface area contributed by atoms with Crippen LogP contribution in [0.2, 0.25) is 0 Å². The Hall–Kier alpha value is -5.51. The van der Waals surface area contributed by atoms with E-state index < -0.39 is 0 Å². The van der Waals surface area contributed by atoms with Crippen LogP contribution in [0.1, 0.15) is 56.0 Å². The van der Waals surface area contributed by atoms with E-state index in [1.807, 2.05) is 39.7 Å². The molecule has 1 atom stereocenters. The average Bonchev–Trinajstić information content (AvgIpc) is 4.05. The highest BCUT2D eigenvalue weighted by Gasteiger charge is 2.23. The molecule has 53 heavy (non-hydrogen) atoms. The van der Waals surface area contributed by atoms with Gasteiger partial charge >= 0.3 is 0 Å². The minimum atomic E-state index is 0.214. The molecule has 0 saturated carbocycles. The van der Waals surface area contributed by atoms with Crippen molar-refractivity contribution in [3.63, 3.8) is 0 Å². The van der Waals surface area contributed by atoms with E-state index in [1.165, 1.54) is 48.5 Å². The lowest BCUT2D eigenvalue weighted by Crippen LogP contribution is -2.30. The molecule has 8 aromatic rings. The van der Waals surface area contributed by atoms with Gasteiger partial charge in [0.1, 0.15) is 0 Å². The maximum atomic E-state index is 4.90. The molecular weight excluding hydrogens is 691 g/mol. The molecular formula is C44H39N7S2. The van der Waals surface area contributed by atoms with Crippen LogP contribution in [0.5, 0.6) is 0 Å². The molecule has 7 nitrogen and oxygen atoms in total. The molecule has 10 rings (SSSR count). The Morgan fingerprint density at radius 3 is 2.15 bits per heavy atom. The van der Waals surface area contributed by atoms with Crippen molar-refractivity contribution >= 4 is 43.8 Å². The first kappa shape index (κ1) is 32.2. The molecule has 1 unspecified atom stereocenters.